The molecule has 9 heteroatoms. The molecule has 1 aliphatic rings. The van der Waals surface area contributed by atoms with Gasteiger partial charge in [-0.3, -0.25) is 9.59 Å². The molecule has 1 atom stereocenters. The zero-order valence-corrected chi connectivity index (χ0v) is 19.6. The molecule has 1 saturated heterocycles. The molecule has 1 N–H and O–H groups in total. The third-order valence-electron chi connectivity index (χ3n) is 5.75. The van der Waals surface area contributed by atoms with Crippen LogP contribution in [0.1, 0.15) is 34.8 Å². The third-order valence-corrected chi connectivity index (χ3v) is 7.15. The second kappa shape index (κ2) is 12.3. The van der Waals surface area contributed by atoms with Gasteiger partial charge in [-0.05, 0) is 36.1 Å². The van der Waals surface area contributed by atoms with Crippen LogP contribution in [0.5, 0.6) is 5.75 Å². The SMILES string of the molecule is CCC(Cc1ccc(N2CC(=O)NS2(=O)=O)c(OCc2ccccc2)c1)C(=O)c1ccccc1.[KH]. The van der Waals surface area contributed by atoms with E-state index >= 15 is 0 Å². The van der Waals surface area contributed by atoms with Crippen molar-refractivity contribution in [3.8, 4) is 5.75 Å². The van der Waals surface area contributed by atoms with Gasteiger partial charge >= 0.3 is 61.6 Å². The summed E-state index contributed by atoms with van der Waals surface area (Å²) in [5, 5.41) is 0. The Morgan fingerprint density at radius 2 is 1.66 bits per heavy atom. The van der Waals surface area contributed by atoms with Gasteiger partial charge in [-0.15, -0.1) is 0 Å². The number of ether oxygens (including phenoxy) is 1. The molecule has 0 bridgehead atoms. The fourth-order valence-corrected chi connectivity index (χ4v) is 5.11. The van der Waals surface area contributed by atoms with E-state index in [2.05, 4.69) is 0 Å². The van der Waals surface area contributed by atoms with Crippen LogP contribution in [0.4, 0.5) is 5.69 Å². The second-order valence-corrected chi connectivity index (χ2v) is 9.75. The van der Waals surface area contributed by atoms with Crippen LogP contribution < -0.4 is 13.8 Å². The summed E-state index contributed by atoms with van der Waals surface area (Å²) in [6, 6.07) is 23.9. The predicted octanol–water partition coefficient (Wildman–Crippen LogP) is 3.25. The Kier molecular flexibility index (Phi) is 9.68. The molecule has 3 aromatic rings. The van der Waals surface area contributed by atoms with Crippen LogP contribution in [-0.2, 0) is 28.0 Å². The maximum absolute atomic E-state index is 13.0. The molecule has 3 aromatic carbocycles. The first-order valence-electron chi connectivity index (χ1n) is 11.1. The van der Waals surface area contributed by atoms with Gasteiger partial charge in [0.05, 0.1) is 5.69 Å². The summed E-state index contributed by atoms with van der Waals surface area (Å²) in [5.41, 5.74) is 2.71. The molecular weight excluding hydrogens is 491 g/mol. The first-order valence-corrected chi connectivity index (χ1v) is 12.5. The Morgan fingerprint density at radius 1 is 1.00 bits per heavy atom. The number of rotatable bonds is 9. The van der Waals surface area contributed by atoms with Crippen LogP contribution in [0.3, 0.4) is 0 Å². The fraction of sp³-hybridized carbons (Fsp3) is 0.231. The topological polar surface area (TPSA) is 92.8 Å². The zero-order valence-electron chi connectivity index (χ0n) is 18.8. The van der Waals surface area contributed by atoms with E-state index in [1.165, 1.54) is 0 Å². The quantitative estimate of drug-likeness (QED) is 0.347. The number of nitrogens with one attached hydrogen (secondary N) is 1. The first-order chi connectivity index (χ1) is 16.4. The Balaban J connectivity index is 0.00000342. The molecular formula is C26H27KN2O5S. The Morgan fingerprint density at radius 3 is 2.26 bits per heavy atom. The molecule has 0 spiro atoms. The molecule has 7 nitrogen and oxygen atoms in total. The molecule has 1 aliphatic heterocycles. The summed E-state index contributed by atoms with van der Waals surface area (Å²) in [6.45, 7) is 1.89. The molecule has 0 saturated carbocycles. The van der Waals surface area contributed by atoms with E-state index < -0.39 is 16.1 Å². The van der Waals surface area contributed by atoms with E-state index in [1.807, 2.05) is 72.3 Å². The number of nitrogens with zero attached hydrogens (tertiary/aromatic N) is 1. The molecule has 1 heterocycles. The van der Waals surface area contributed by atoms with Gasteiger partial charge in [-0.1, -0.05) is 73.7 Å². The van der Waals surface area contributed by atoms with E-state index in [4.69, 9.17) is 4.74 Å². The van der Waals surface area contributed by atoms with E-state index in [1.54, 1.807) is 18.2 Å². The number of Topliss-reactive ketones (excluding diaryl/α,β-unsaturated/α-hetero) is 1. The third kappa shape index (κ3) is 6.81. The molecule has 1 fully saturated rings. The average Bonchev–Trinajstić information content (AvgIpc) is 3.13. The van der Waals surface area contributed by atoms with Crippen LogP contribution in [0.15, 0.2) is 78.9 Å². The zero-order chi connectivity index (χ0) is 24.1. The number of carbonyl (C=O) groups is 2. The molecule has 178 valence electrons. The molecule has 0 aromatic heterocycles. The van der Waals surface area contributed by atoms with Crippen LogP contribution in [0.2, 0.25) is 0 Å². The number of ketones is 1. The van der Waals surface area contributed by atoms with Crippen molar-refractivity contribution in [2.45, 2.75) is 26.4 Å². The van der Waals surface area contributed by atoms with Crippen molar-refractivity contribution in [3.05, 3.63) is 95.6 Å². The summed E-state index contributed by atoms with van der Waals surface area (Å²) in [4.78, 5) is 24.8. The van der Waals surface area contributed by atoms with Gasteiger partial charge in [0.2, 0.25) is 0 Å². The molecule has 35 heavy (non-hydrogen) atoms. The van der Waals surface area contributed by atoms with Crippen LogP contribution in [-0.4, -0.2) is 78.0 Å². The summed E-state index contributed by atoms with van der Waals surface area (Å²) in [5.74, 6) is -0.425. The van der Waals surface area contributed by atoms with Gasteiger partial charge in [0, 0.05) is 11.5 Å². The minimum atomic E-state index is -3.99. The van der Waals surface area contributed by atoms with Crippen LogP contribution in [0, 0.1) is 5.92 Å². The van der Waals surface area contributed by atoms with Crippen molar-refractivity contribution in [3.63, 3.8) is 0 Å². The number of carbonyl (C=O) groups excluding carboxylic acids is 2. The van der Waals surface area contributed by atoms with Crippen molar-refractivity contribution >= 4 is 79.0 Å². The van der Waals surface area contributed by atoms with Crippen molar-refractivity contribution in [2.75, 3.05) is 10.8 Å². The van der Waals surface area contributed by atoms with Gasteiger partial charge in [-0.25, -0.2) is 9.03 Å². The maximum atomic E-state index is 13.0. The van der Waals surface area contributed by atoms with E-state index in [9.17, 15) is 18.0 Å². The van der Waals surface area contributed by atoms with Crippen molar-refractivity contribution in [1.82, 2.24) is 4.72 Å². The van der Waals surface area contributed by atoms with Crippen molar-refractivity contribution in [2.24, 2.45) is 5.92 Å². The fourth-order valence-electron chi connectivity index (χ4n) is 3.95. The van der Waals surface area contributed by atoms with Crippen molar-refractivity contribution < 1.29 is 22.7 Å². The summed E-state index contributed by atoms with van der Waals surface area (Å²) < 4.78 is 33.9. The number of hydrogen-bond acceptors (Lipinski definition) is 5. The van der Waals surface area contributed by atoms with Crippen LogP contribution >= 0.6 is 0 Å². The molecule has 1 amide bonds. The molecule has 1 unspecified atom stereocenters. The van der Waals surface area contributed by atoms with Gasteiger partial charge < -0.3 is 4.74 Å². The number of benzene rings is 3. The van der Waals surface area contributed by atoms with Gasteiger partial charge in [0.25, 0.3) is 5.91 Å². The molecule has 4 rings (SSSR count). The number of anilines is 1. The normalized spacial score (nSPS) is 15.1. The predicted molar refractivity (Wildman–Crippen MR) is 137 cm³/mol. The van der Waals surface area contributed by atoms with E-state index in [0.717, 1.165) is 15.4 Å². The van der Waals surface area contributed by atoms with E-state index in [-0.39, 0.29) is 81.9 Å². The Labute approximate surface area is 248 Å². The van der Waals surface area contributed by atoms with Crippen molar-refractivity contribution in [1.29, 1.82) is 0 Å². The molecule has 0 radical (unpaired) electrons. The van der Waals surface area contributed by atoms with Gasteiger partial charge in [-0.2, -0.15) is 8.42 Å². The Bertz CT molecular complexity index is 1280. The van der Waals surface area contributed by atoms with Gasteiger partial charge in [0.15, 0.2) is 5.78 Å². The van der Waals surface area contributed by atoms with Crippen LogP contribution in [0.25, 0.3) is 0 Å². The minimum absolute atomic E-state index is 0. The standard InChI is InChI=1S/C26H26N2O5S.K.H/c1-2-21(26(30)22-11-7-4-8-12-22)15-20-13-14-23(28-17-25(29)27-34(28,31)32)24(16-20)33-18-19-9-5-3-6-10-19;;/h3-14,16,21H,2,15,17-18H2,1H3,(H,27,29);;. The summed E-state index contributed by atoms with van der Waals surface area (Å²) in [6.07, 6.45) is 1.14. The van der Waals surface area contributed by atoms with Gasteiger partial charge in [0.1, 0.15) is 18.9 Å². The number of amides is 1. The number of hydrogen-bond donors (Lipinski definition) is 1. The first kappa shape index (κ1) is 27.6. The average molecular weight is 519 g/mol. The summed E-state index contributed by atoms with van der Waals surface area (Å²) in [7, 11) is -3.99. The monoisotopic (exact) mass is 518 g/mol. The Hall–Kier alpha value is -2.01. The molecule has 0 aliphatic carbocycles. The second-order valence-electron chi connectivity index (χ2n) is 8.15. The summed E-state index contributed by atoms with van der Waals surface area (Å²) >= 11 is 0. The van der Waals surface area contributed by atoms with E-state index in [0.29, 0.717) is 24.2 Å².